The predicted molar refractivity (Wildman–Crippen MR) is 141 cm³/mol. The maximum absolute atomic E-state index is 10.2. The Kier molecular flexibility index (Phi) is 6.53. The summed E-state index contributed by atoms with van der Waals surface area (Å²) in [5.41, 5.74) is 5.55. The number of aromatic nitrogens is 4. The summed E-state index contributed by atoms with van der Waals surface area (Å²) in [6.07, 6.45) is 1.91. The van der Waals surface area contributed by atoms with Crippen LogP contribution in [0.15, 0.2) is 65.1 Å². The maximum atomic E-state index is 10.2. The van der Waals surface area contributed by atoms with Crippen molar-refractivity contribution in [2.75, 3.05) is 31.2 Å². The van der Waals surface area contributed by atoms with E-state index in [1.807, 2.05) is 53.1 Å². The van der Waals surface area contributed by atoms with Gasteiger partial charge in [-0.1, -0.05) is 34.1 Å². The van der Waals surface area contributed by atoms with Gasteiger partial charge in [0.2, 0.25) is 5.95 Å². The summed E-state index contributed by atoms with van der Waals surface area (Å²) in [4.78, 5) is 2.15. The number of benzene rings is 2. The van der Waals surface area contributed by atoms with Gasteiger partial charge in [-0.05, 0) is 68.0 Å². The van der Waals surface area contributed by atoms with E-state index in [1.165, 1.54) is 0 Å². The van der Waals surface area contributed by atoms with E-state index in [0.717, 1.165) is 51.8 Å². The molecule has 0 bridgehead atoms. The standard InChI is InChI=1S/C27H25BrN6O/c1-19-16-21(20(2)33(19)25-10-8-23(28)9-11-25)17-22(18-29)26-30-31-27(32-12-14-35-15-13-32)34(26)24-6-4-3-5-7-24/h3-11,16-17H,12-15H2,1-2H3. The van der Waals surface area contributed by atoms with E-state index in [4.69, 9.17) is 4.74 Å². The van der Waals surface area contributed by atoms with Crippen LogP contribution in [-0.4, -0.2) is 45.6 Å². The van der Waals surface area contributed by atoms with E-state index in [2.05, 4.69) is 73.7 Å². The van der Waals surface area contributed by atoms with Crippen molar-refractivity contribution in [1.29, 1.82) is 5.26 Å². The maximum Gasteiger partial charge on any atom is 0.232 e. The van der Waals surface area contributed by atoms with Crippen LogP contribution in [0.3, 0.4) is 0 Å². The molecular formula is C27H25BrN6O. The molecule has 0 aliphatic carbocycles. The molecule has 0 amide bonds. The van der Waals surface area contributed by atoms with Gasteiger partial charge in [0, 0.05) is 34.6 Å². The predicted octanol–water partition coefficient (Wildman–Crippen LogP) is 5.34. The molecule has 1 aliphatic heterocycles. The molecular weight excluding hydrogens is 504 g/mol. The number of rotatable bonds is 5. The minimum absolute atomic E-state index is 0.455. The Morgan fingerprint density at radius 3 is 2.34 bits per heavy atom. The van der Waals surface area contributed by atoms with E-state index in [9.17, 15) is 5.26 Å². The number of hydrogen-bond acceptors (Lipinski definition) is 5. The molecule has 0 saturated carbocycles. The van der Waals surface area contributed by atoms with Crippen LogP contribution in [0.4, 0.5) is 5.95 Å². The average Bonchev–Trinajstić information content (AvgIpc) is 3.45. The second kappa shape index (κ2) is 9.90. The molecule has 35 heavy (non-hydrogen) atoms. The number of anilines is 1. The molecule has 3 heterocycles. The molecule has 0 spiro atoms. The van der Waals surface area contributed by atoms with E-state index in [1.54, 1.807) is 0 Å². The topological polar surface area (TPSA) is 71.9 Å². The average molecular weight is 529 g/mol. The molecule has 1 aliphatic rings. The second-order valence-electron chi connectivity index (χ2n) is 8.40. The van der Waals surface area contributed by atoms with Crippen molar-refractivity contribution in [1.82, 2.24) is 19.3 Å². The zero-order valence-corrected chi connectivity index (χ0v) is 21.2. The highest BCUT2D eigenvalue weighted by Gasteiger charge is 2.24. The first kappa shape index (κ1) is 23.1. The molecule has 7 nitrogen and oxygen atoms in total. The zero-order valence-electron chi connectivity index (χ0n) is 19.6. The van der Waals surface area contributed by atoms with Gasteiger partial charge >= 0.3 is 0 Å². The summed E-state index contributed by atoms with van der Waals surface area (Å²) >= 11 is 3.50. The Labute approximate surface area is 213 Å². The number of para-hydroxylation sites is 1. The number of morpholine rings is 1. The lowest BCUT2D eigenvalue weighted by atomic mass is 10.1. The summed E-state index contributed by atoms with van der Waals surface area (Å²) in [6, 6.07) is 22.6. The van der Waals surface area contributed by atoms with Crippen molar-refractivity contribution < 1.29 is 4.74 Å². The van der Waals surface area contributed by atoms with Crippen molar-refractivity contribution in [3.8, 4) is 17.4 Å². The van der Waals surface area contributed by atoms with E-state index >= 15 is 0 Å². The lowest BCUT2D eigenvalue weighted by Crippen LogP contribution is -2.38. The highest BCUT2D eigenvalue weighted by molar-refractivity contribution is 9.10. The van der Waals surface area contributed by atoms with Crippen LogP contribution in [0.1, 0.15) is 22.8 Å². The van der Waals surface area contributed by atoms with Crippen LogP contribution >= 0.6 is 15.9 Å². The molecule has 0 radical (unpaired) electrons. The normalized spacial score (nSPS) is 14.2. The fourth-order valence-electron chi connectivity index (χ4n) is 4.46. The largest absolute Gasteiger partial charge is 0.378 e. The van der Waals surface area contributed by atoms with Gasteiger partial charge in [-0.3, -0.25) is 4.57 Å². The fourth-order valence-corrected chi connectivity index (χ4v) is 4.72. The molecule has 2 aromatic carbocycles. The molecule has 176 valence electrons. The summed E-state index contributed by atoms with van der Waals surface area (Å²) in [6.45, 7) is 6.87. The van der Waals surface area contributed by atoms with Gasteiger partial charge in [0.1, 0.15) is 6.07 Å². The van der Waals surface area contributed by atoms with Gasteiger partial charge in [0.25, 0.3) is 0 Å². The van der Waals surface area contributed by atoms with Crippen LogP contribution in [0.2, 0.25) is 0 Å². The second-order valence-corrected chi connectivity index (χ2v) is 9.32. The smallest absolute Gasteiger partial charge is 0.232 e. The number of halogens is 1. The van der Waals surface area contributed by atoms with E-state index in [-0.39, 0.29) is 0 Å². The summed E-state index contributed by atoms with van der Waals surface area (Å²) < 4.78 is 10.7. The van der Waals surface area contributed by atoms with Crippen molar-refractivity contribution in [3.05, 3.63) is 87.9 Å². The van der Waals surface area contributed by atoms with Gasteiger partial charge in [0.05, 0.1) is 24.5 Å². The summed E-state index contributed by atoms with van der Waals surface area (Å²) in [7, 11) is 0. The lowest BCUT2D eigenvalue weighted by Gasteiger charge is -2.28. The minimum atomic E-state index is 0.455. The number of hydrogen-bond donors (Lipinski definition) is 0. The molecule has 1 saturated heterocycles. The van der Waals surface area contributed by atoms with Gasteiger partial charge in [-0.15, -0.1) is 10.2 Å². The fraction of sp³-hybridized carbons (Fsp3) is 0.222. The third-order valence-corrected chi connectivity index (χ3v) is 6.70. The quantitative estimate of drug-likeness (QED) is 0.327. The van der Waals surface area contributed by atoms with Crippen molar-refractivity contribution in [2.45, 2.75) is 13.8 Å². The SMILES string of the molecule is Cc1cc(C=C(C#N)c2nnc(N3CCOCC3)n2-c2ccccc2)c(C)n1-c1ccc(Br)cc1. The van der Waals surface area contributed by atoms with Crippen LogP contribution in [-0.2, 0) is 4.74 Å². The highest BCUT2D eigenvalue weighted by Crippen LogP contribution is 2.29. The summed E-state index contributed by atoms with van der Waals surface area (Å²) in [5, 5.41) is 19.2. The molecule has 1 fully saturated rings. The molecule has 8 heteroatoms. The lowest BCUT2D eigenvalue weighted by molar-refractivity contribution is 0.122. The molecule has 0 atom stereocenters. The van der Waals surface area contributed by atoms with Gasteiger partial charge in [-0.2, -0.15) is 5.26 Å². The Balaban J connectivity index is 1.61. The molecule has 5 rings (SSSR count). The number of allylic oxidation sites excluding steroid dienone is 1. The molecule has 0 unspecified atom stereocenters. The third kappa shape index (κ3) is 4.53. The van der Waals surface area contributed by atoms with Crippen LogP contribution < -0.4 is 4.90 Å². The Hall–Kier alpha value is -3.67. The Bertz CT molecular complexity index is 1410. The number of ether oxygens (including phenoxy) is 1. The van der Waals surface area contributed by atoms with Gasteiger partial charge < -0.3 is 14.2 Å². The number of nitriles is 1. The minimum Gasteiger partial charge on any atom is -0.378 e. The van der Waals surface area contributed by atoms with Crippen molar-refractivity contribution in [2.24, 2.45) is 0 Å². The number of nitrogens with zero attached hydrogens (tertiary/aromatic N) is 6. The third-order valence-electron chi connectivity index (χ3n) is 6.17. The Morgan fingerprint density at radius 1 is 0.971 bits per heavy atom. The van der Waals surface area contributed by atoms with Crippen LogP contribution in [0.5, 0.6) is 0 Å². The Morgan fingerprint density at radius 2 is 1.66 bits per heavy atom. The monoisotopic (exact) mass is 528 g/mol. The van der Waals surface area contributed by atoms with Crippen LogP contribution in [0, 0.1) is 25.2 Å². The van der Waals surface area contributed by atoms with Gasteiger partial charge in [-0.25, -0.2) is 0 Å². The molecule has 4 aromatic rings. The summed E-state index contributed by atoms with van der Waals surface area (Å²) in [5.74, 6) is 1.24. The van der Waals surface area contributed by atoms with Crippen molar-refractivity contribution >= 4 is 33.5 Å². The molecule has 2 aromatic heterocycles. The first-order chi connectivity index (χ1) is 17.1. The molecule has 0 N–H and O–H groups in total. The highest BCUT2D eigenvalue weighted by atomic mass is 79.9. The van der Waals surface area contributed by atoms with Crippen LogP contribution in [0.25, 0.3) is 23.0 Å². The van der Waals surface area contributed by atoms with E-state index < -0.39 is 0 Å². The zero-order chi connectivity index (χ0) is 24.4. The van der Waals surface area contributed by atoms with Crippen molar-refractivity contribution in [3.63, 3.8) is 0 Å². The number of aryl methyl sites for hydroxylation is 1. The van der Waals surface area contributed by atoms with Gasteiger partial charge in [0.15, 0.2) is 5.82 Å². The van der Waals surface area contributed by atoms with E-state index in [0.29, 0.717) is 24.6 Å². The first-order valence-corrected chi connectivity index (χ1v) is 12.3. The first-order valence-electron chi connectivity index (χ1n) is 11.5.